The lowest BCUT2D eigenvalue weighted by atomic mass is 10.1. The molecule has 2 aromatic rings. The van der Waals surface area contributed by atoms with Gasteiger partial charge in [-0.25, -0.2) is 0 Å². The number of benzene rings is 2. The monoisotopic (exact) mass is 290 g/mol. The van der Waals surface area contributed by atoms with Crippen LogP contribution in [0.2, 0.25) is 5.02 Å². The van der Waals surface area contributed by atoms with Crippen molar-refractivity contribution in [3.8, 4) is 5.75 Å². The van der Waals surface area contributed by atoms with Crippen molar-refractivity contribution in [1.82, 2.24) is 0 Å². The third-order valence-corrected chi connectivity index (χ3v) is 3.09. The van der Waals surface area contributed by atoms with Crippen LogP contribution < -0.4 is 4.74 Å². The van der Waals surface area contributed by atoms with E-state index in [1.165, 1.54) is 0 Å². The second-order valence-corrected chi connectivity index (χ2v) is 4.71. The van der Waals surface area contributed by atoms with E-state index in [1.54, 1.807) is 19.2 Å². The molecule has 104 valence electrons. The molecule has 0 aromatic heterocycles. The van der Waals surface area contributed by atoms with Gasteiger partial charge >= 0.3 is 5.97 Å². The Kier molecular flexibility index (Phi) is 5.02. The van der Waals surface area contributed by atoms with Crippen LogP contribution in [0.15, 0.2) is 48.5 Å². The van der Waals surface area contributed by atoms with Crippen LogP contribution >= 0.6 is 11.6 Å². The highest BCUT2D eigenvalue weighted by molar-refractivity contribution is 6.30. The van der Waals surface area contributed by atoms with Gasteiger partial charge in [-0.05, 0) is 23.8 Å². The van der Waals surface area contributed by atoms with Crippen molar-refractivity contribution in [3.05, 3.63) is 64.7 Å². The average Bonchev–Trinajstić information content (AvgIpc) is 2.48. The molecule has 20 heavy (non-hydrogen) atoms. The van der Waals surface area contributed by atoms with Crippen molar-refractivity contribution in [2.45, 2.75) is 13.0 Å². The van der Waals surface area contributed by atoms with Gasteiger partial charge in [0.15, 0.2) is 0 Å². The van der Waals surface area contributed by atoms with Crippen molar-refractivity contribution in [2.75, 3.05) is 7.11 Å². The average molecular weight is 291 g/mol. The van der Waals surface area contributed by atoms with E-state index in [1.807, 2.05) is 36.4 Å². The van der Waals surface area contributed by atoms with Crippen molar-refractivity contribution in [1.29, 1.82) is 0 Å². The quantitative estimate of drug-likeness (QED) is 0.789. The van der Waals surface area contributed by atoms with Gasteiger partial charge in [0, 0.05) is 10.6 Å². The first-order chi connectivity index (χ1) is 9.69. The Bertz CT molecular complexity index is 579. The molecule has 0 heterocycles. The molecule has 0 aliphatic rings. The first-order valence-corrected chi connectivity index (χ1v) is 6.59. The lowest BCUT2D eigenvalue weighted by molar-refractivity contribution is -0.144. The molecule has 3 nitrogen and oxygen atoms in total. The molecule has 0 aliphatic heterocycles. The zero-order valence-corrected chi connectivity index (χ0v) is 11.9. The Labute approximate surface area is 123 Å². The number of ether oxygens (including phenoxy) is 2. The molecule has 0 radical (unpaired) electrons. The van der Waals surface area contributed by atoms with Crippen LogP contribution in [0.5, 0.6) is 5.75 Å². The lowest BCUT2D eigenvalue weighted by Gasteiger charge is -2.09. The molecule has 0 saturated heterocycles. The molecule has 0 unspecified atom stereocenters. The molecule has 2 rings (SSSR count). The van der Waals surface area contributed by atoms with Gasteiger partial charge in [0.1, 0.15) is 12.4 Å². The fourth-order valence-electron chi connectivity index (χ4n) is 1.80. The van der Waals surface area contributed by atoms with Gasteiger partial charge in [0.05, 0.1) is 13.5 Å². The van der Waals surface area contributed by atoms with Crippen LogP contribution in [0, 0.1) is 0 Å². The number of hydrogen-bond donors (Lipinski definition) is 0. The summed E-state index contributed by atoms with van der Waals surface area (Å²) in [7, 11) is 1.59. The SMILES string of the molecule is COc1ccccc1COC(=O)Cc1ccc(Cl)cc1. The summed E-state index contributed by atoms with van der Waals surface area (Å²) in [5.74, 6) is 0.435. The smallest absolute Gasteiger partial charge is 0.310 e. The minimum atomic E-state index is -0.279. The van der Waals surface area contributed by atoms with Crippen LogP contribution in [0.1, 0.15) is 11.1 Å². The van der Waals surface area contributed by atoms with E-state index >= 15 is 0 Å². The Balaban J connectivity index is 1.90. The lowest BCUT2D eigenvalue weighted by Crippen LogP contribution is -2.08. The third kappa shape index (κ3) is 4.00. The Hall–Kier alpha value is -2.00. The number of halogens is 1. The Morgan fingerprint density at radius 1 is 1.10 bits per heavy atom. The third-order valence-electron chi connectivity index (χ3n) is 2.84. The first-order valence-electron chi connectivity index (χ1n) is 6.21. The fourth-order valence-corrected chi connectivity index (χ4v) is 1.93. The van der Waals surface area contributed by atoms with Crippen molar-refractivity contribution < 1.29 is 14.3 Å². The molecule has 0 spiro atoms. The molecular weight excluding hydrogens is 276 g/mol. The van der Waals surface area contributed by atoms with Gasteiger partial charge in [-0.1, -0.05) is 41.9 Å². The highest BCUT2D eigenvalue weighted by Crippen LogP contribution is 2.18. The number of hydrogen-bond acceptors (Lipinski definition) is 3. The highest BCUT2D eigenvalue weighted by Gasteiger charge is 2.07. The first kappa shape index (κ1) is 14.4. The van der Waals surface area contributed by atoms with Gasteiger partial charge in [0.2, 0.25) is 0 Å². The molecule has 0 aliphatic carbocycles. The van der Waals surface area contributed by atoms with E-state index < -0.39 is 0 Å². The van der Waals surface area contributed by atoms with E-state index in [0.29, 0.717) is 10.8 Å². The molecular formula is C16H15ClO3. The van der Waals surface area contributed by atoms with E-state index in [0.717, 1.165) is 11.1 Å². The van der Waals surface area contributed by atoms with Crippen LogP contribution in [0.25, 0.3) is 0 Å². The predicted molar refractivity (Wildman–Crippen MR) is 77.9 cm³/mol. The summed E-state index contributed by atoms with van der Waals surface area (Å²) in [6.07, 6.45) is 0.228. The van der Waals surface area contributed by atoms with Gasteiger partial charge < -0.3 is 9.47 Å². The van der Waals surface area contributed by atoms with E-state index in [9.17, 15) is 4.79 Å². The zero-order chi connectivity index (χ0) is 14.4. The maximum atomic E-state index is 11.8. The Morgan fingerprint density at radius 3 is 2.50 bits per heavy atom. The van der Waals surface area contributed by atoms with Crippen LogP contribution in [0.4, 0.5) is 0 Å². The summed E-state index contributed by atoms with van der Waals surface area (Å²) < 4.78 is 10.5. The van der Waals surface area contributed by atoms with E-state index in [2.05, 4.69) is 0 Å². The summed E-state index contributed by atoms with van der Waals surface area (Å²) in [5.41, 5.74) is 1.72. The summed E-state index contributed by atoms with van der Waals surface area (Å²) >= 11 is 5.79. The second-order valence-electron chi connectivity index (χ2n) is 4.28. The number of rotatable bonds is 5. The number of methoxy groups -OCH3 is 1. The molecule has 0 amide bonds. The maximum absolute atomic E-state index is 11.8. The maximum Gasteiger partial charge on any atom is 0.310 e. The highest BCUT2D eigenvalue weighted by atomic mass is 35.5. The molecule has 0 atom stereocenters. The summed E-state index contributed by atoms with van der Waals surface area (Å²) in [6.45, 7) is 0.205. The fraction of sp³-hybridized carbons (Fsp3) is 0.188. The van der Waals surface area contributed by atoms with Crippen LogP contribution in [0.3, 0.4) is 0 Å². The topological polar surface area (TPSA) is 35.5 Å². The number of para-hydroxylation sites is 1. The van der Waals surface area contributed by atoms with E-state index in [4.69, 9.17) is 21.1 Å². The van der Waals surface area contributed by atoms with Crippen LogP contribution in [-0.2, 0) is 22.6 Å². The van der Waals surface area contributed by atoms with Crippen molar-refractivity contribution in [3.63, 3.8) is 0 Å². The number of carbonyl (C=O) groups excluding carboxylic acids is 1. The normalized spacial score (nSPS) is 10.1. The number of carbonyl (C=O) groups is 1. The minimum Gasteiger partial charge on any atom is -0.496 e. The number of esters is 1. The largest absolute Gasteiger partial charge is 0.496 e. The molecule has 4 heteroatoms. The van der Waals surface area contributed by atoms with Crippen molar-refractivity contribution in [2.24, 2.45) is 0 Å². The molecule has 0 saturated carbocycles. The Morgan fingerprint density at radius 2 is 1.80 bits per heavy atom. The predicted octanol–water partition coefficient (Wildman–Crippen LogP) is 3.63. The summed E-state index contributed by atoms with van der Waals surface area (Å²) in [4.78, 5) is 11.8. The second kappa shape index (κ2) is 6.96. The molecule has 0 N–H and O–H groups in total. The summed E-state index contributed by atoms with van der Waals surface area (Å²) in [6, 6.07) is 14.6. The van der Waals surface area contributed by atoms with Gasteiger partial charge in [0.25, 0.3) is 0 Å². The minimum absolute atomic E-state index is 0.205. The molecule has 2 aromatic carbocycles. The summed E-state index contributed by atoms with van der Waals surface area (Å²) in [5, 5.41) is 0.649. The standard InChI is InChI=1S/C16H15ClO3/c1-19-15-5-3-2-4-13(15)11-20-16(18)10-12-6-8-14(17)9-7-12/h2-9H,10-11H2,1H3. The molecule has 0 fully saturated rings. The van der Waals surface area contributed by atoms with E-state index in [-0.39, 0.29) is 19.0 Å². The molecule has 0 bridgehead atoms. The van der Waals surface area contributed by atoms with Gasteiger partial charge in [-0.15, -0.1) is 0 Å². The van der Waals surface area contributed by atoms with Crippen LogP contribution in [-0.4, -0.2) is 13.1 Å². The van der Waals surface area contributed by atoms with Gasteiger partial charge in [-0.2, -0.15) is 0 Å². The van der Waals surface area contributed by atoms with Gasteiger partial charge in [-0.3, -0.25) is 4.79 Å². The van der Waals surface area contributed by atoms with Crippen molar-refractivity contribution >= 4 is 17.6 Å². The zero-order valence-electron chi connectivity index (χ0n) is 11.1.